The minimum absolute atomic E-state index is 0.283. The average Bonchev–Trinajstić information content (AvgIpc) is 2.47. The quantitative estimate of drug-likeness (QED) is 0.592. The molecule has 106 valence electrons. The number of anilines is 1. The van der Waals surface area contributed by atoms with Crippen LogP contribution in [0.5, 0.6) is 0 Å². The van der Waals surface area contributed by atoms with Gasteiger partial charge >= 0.3 is 0 Å². The summed E-state index contributed by atoms with van der Waals surface area (Å²) < 4.78 is 0.858. The first-order valence-corrected chi connectivity index (χ1v) is 6.85. The number of hydrogen-bond donors (Lipinski definition) is 1. The highest BCUT2D eigenvalue weighted by Crippen LogP contribution is 2.21. The van der Waals surface area contributed by atoms with E-state index in [2.05, 4.69) is 15.3 Å². The van der Waals surface area contributed by atoms with Crippen molar-refractivity contribution in [3.05, 3.63) is 54.0 Å². The molecule has 5 nitrogen and oxygen atoms in total. The maximum atomic E-state index is 11.8. The van der Waals surface area contributed by atoms with E-state index in [0.29, 0.717) is 11.6 Å². The lowest BCUT2D eigenvalue weighted by atomic mass is 10.1. The van der Waals surface area contributed by atoms with Gasteiger partial charge in [0.05, 0.1) is 5.52 Å². The third-order valence-electron chi connectivity index (χ3n) is 3.12. The van der Waals surface area contributed by atoms with Crippen molar-refractivity contribution in [2.75, 3.05) is 5.32 Å². The molecule has 0 fully saturated rings. The standard InChI is InChI=1S/C16H16N4O/c1-11(2)18-16-17-10-13-9-12(6-7-14(13)19-16)15-5-3-4-8-20(15)21/h3-11H,1-2H3,(H,17,18,19). The van der Waals surface area contributed by atoms with Crippen LogP contribution in [0.2, 0.25) is 0 Å². The molecule has 0 bridgehead atoms. The van der Waals surface area contributed by atoms with Crippen LogP contribution in [0, 0.1) is 5.21 Å². The molecule has 3 aromatic rings. The fourth-order valence-electron chi connectivity index (χ4n) is 2.17. The zero-order valence-electron chi connectivity index (χ0n) is 11.9. The minimum atomic E-state index is 0.283. The van der Waals surface area contributed by atoms with Crippen LogP contribution in [0.15, 0.2) is 48.8 Å². The molecule has 0 unspecified atom stereocenters. The summed E-state index contributed by atoms with van der Waals surface area (Å²) in [5, 5.41) is 15.9. The van der Waals surface area contributed by atoms with E-state index in [-0.39, 0.29) is 6.04 Å². The summed E-state index contributed by atoms with van der Waals surface area (Å²) in [6.07, 6.45) is 3.26. The molecular formula is C16H16N4O. The lowest BCUT2D eigenvalue weighted by molar-refractivity contribution is -0.593. The molecule has 0 radical (unpaired) electrons. The van der Waals surface area contributed by atoms with Crippen molar-refractivity contribution in [3.8, 4) is 11.3 Å². The number of hydrogen-bond acceptors (Lipinski definition) is 4. The predicted octanol–water partition coefficient (Wildman–Crippen LogP) is 2.75. The van der Waals surface area contributed by atoms with Gasteiger partial charge in [-0.1, -0.05) is 0 Å². The van der Waals surface area contributed by atoms with Gasteiger partial charge in [0.1, 0.15) is 0 Å². The molecule has 0 aliphatic carbocycles. The van der Waals surface area contributed by atoms with E-state index >= 15 is 0 Å². The van der Waals surface area contributed by atoms with Crippen molar-refractivity contribution in [1.82, 2.24) is 9.97 Å². The maximum absolute atomic E-state index is 11.8. The number of nitrogens with zero attached hydrogens (tertiary/aromatic N) is 3. The van der Waals surface area contributed by atoms with Gasteiger partial charge < -0.3 is 10.5 Å². The van der Waals surface area contributed by atoms with Gasteiger partial charge in [-0.15, -0.1) is 0 Å². The van der Waals surface area contributed by atoms with Gasteiger partial charge in [-0.25, -0.2) is 9.97 Å². The van der Waals surface area contributed by atoms with E-state index in [4.69, 9.17) is 0 Å². The van der Waals surface area contributed by atoms with E-state index in [1.807, 2.05) is 38.1 Å². The second kappa shape index (κ2) is 5.36. The summed E-state index contributed by atoms with van der Waals surface area (Å²) in [5.41, 5.74) is 2.32. The Morgan fingerprint density at radius 1 is 1.19 bits per heavy atom. The fraction of sp³-hybridized carbons (Fsp3) is 0.188. The van der Waals surface area contributed by atoms with Gasteiger partial charge in [-0.2, -0.15) is 4.73 Å². The Morgan fingerprint density at radius 3 is 2.81 bits per heavy atom. The van der Waals surface area contributed by atoms with Gasteiger partial charge in [-0.3, -0.25) is 0 Å². The summed E-state index contributed by atoms with van der Waals surface area (Å²) in [6, 6.07) is 11.4. The monoisotopic (exact) mass is 280 g/mol. The normalized spacial score (nSPS) is 11.0. The van der Waals surface area contributed by atoms with Crippen LogP contribution in [0.4, 0.5) is 5.95 Å². The summed E-state index contributed by atoms with van der Waals surface area (Å²) >= 11 is 0. The second-order valence-corrected chi connectivity index (χ2v) is 5.18. The van der Waals surface area contributed by atoms with E-state index in [0.717, 1.165) is 21.2 Å². The van der Waals surface area contributed by atoms with Crippen LogP contribution in [-0.4, -0.2) is 16.0 Å². The first-order valence-electron chi connectivity index (χ1n) is 6.85. The maximum Gasteiger partial charge on any atom is 0.223 e. The molecule has 0 spiro atoms. The van der Waals surface area contributed by atoms with Crippen LogP contribution in [0.3, 0.4) is 0 Å². The van der Waals surface area contributed by atoms with Crippen LogP contribution < -0.4 is 10.0 Å². The second-order valence-electron chi connectivity index (χ2n) is 5.18. The summed E-state index contributed by atoms with van der Waals surface area (Å²) in [5.74, 6) is 0.615. The van der Waals surface area contributed by atoms with Crippen LogP contribution >= 0.6 is 0 Å². The molecule has 1 aromatic carbocycles. The zero-order valence-corrected chi connectivity index (χ0v) is 11.9. The predicted molar refractivity (Wildman–Crippen MR) is 82.7 cm³/mol. The molecule has 0 amide bonds. The zero-order chi connectivity index (χ0) is 14.8. The third kappa shape index (κ3) is 2.76. The molecule has 0 aliphatic heterocycles. The van der Waals surface area contributed by atoms with Gasteiger partial charge in [0.15, 0.2) is 6.20 Å². The van der Waals surface area contributed by atoms with Crippen LogP contribution in [-0.2, 0) is 0 Å². The molecule has 0 atom stereocenters. The van der Waals surface area contributed by atoms with E-state index < -0.39 is 0 Å². The number of rotatable bonds is 3. The molecule has 0 saturated carbocycles. The number of fused-ring (bicyclic) bond motifs is 1. The molecule has 2 aromatic heterocycles. The van der Waals surface area contributed by atoms with E-state index in [1.165, 1.54) is 6.20 Å². The Hall–Kier alpha value is -2.69. The Balaban J connectivity index is 2.03. The number of nitrogens with one attached hydrogen (secondary N) is 1. The lowest BCUT2D eigenvalue weighted by Gasteiger charge is -2.09. The van der Waals surface area contributed by atoms with Gasteiger partial charge in [-0.05, 0) is 38.1 Å². The highest BCUT2D eigenvalue weighted by molar-refractivity contribution is 5.83. The molecule has 5 heteroatoms. The summed E-state index contributed by atoms with van der Waals surface area (Å²) in [4.78, 5) is 8.76. The molecule has 21 heavy (non-hydrogen) atoms. The summed E-state index contributed by atoms with van der Waals surface area (Å²) in [7, 11) is 0. The van der Waals surface area contributed by atoms with Gasteiger partial charge in [0.2, 0.25) is 11.6 Å². The fourth-order valence-corrected chi connectivity index (χ4v) is 2.17. The third-order valence-corrected chi connectivity index (χ3v) is 3.12. The van der Waals surface area contributed by atoms with E-state index in [9.17, 15) is 5.21 Å². The number of benzene rings is 1. The Labute approximate surface area is 122 Å². The molecule has 0 saturated heterocycles. The van der Waals surface area contributed by atoms with Crippen molar-refractivity contribution in [1.29, 1.82) is 0 Å². The molecule has 0 aliphatic rings. The first kappa shape index (κ1) is 13.3. The Kier molecular flexibility index (Phi) is 3.39. The topological polar surface area (TPSA) is 64.8 Å². The molecule has 2 heterocycles. The largest absolute Gasteiger partial charge is 0.618 e. The molecule has 1 N–H and O–H groups in total. The van der Waals surface area contributed by atoms with Crippen LogP contribution in [0.1, 0.15) is 13.8 Å². The van der Waals surface area contributed by atoms with Crippen molar-refractivity contribution in [3.63, 3.8) is 0 Å². The van der Waals surface area contributed by atoms with Crippen molar-refractivity contribution in [2.45, 2.75) is 19.9 Å². The molecular weight excluding hydrogens is 264 g/mol. The highest BCUT2D eigenvalue weighted by atomic mass is 16.5. The SMILES string of the molecule is CC(C)Nc1ncc2cc(-c3cccc[n+]3[O-])ccc2n1. The Morgan fingerprint density at radius 2 is 2.05 bits per heavy atom. The smallest absolute Gasteiger partial charge is 0.223 e. The van der Waals surface area contributed by atoms with Crippen molar-refractivity contribution >= 4 is 16.9 Å². The summed E-state index contributed by atoms with van der Waals surface area (Å²) in [6.45, 7) is 4.08. The van der Waals surface area contributed by atoms with Crippen molar-refractivity contribution in [2.24, 2.45) is 0 Å². The first-order chi connectivity index (χ1) is 10.1. The van der Waals surface area contributed by atoms with E-state index in [1.54, 1.807) is 18.3 Å². The number of pyridine rings is 1. The van der Waals surface area contributed by atoms with Gasteiger partial charge in [0, 0.05) is 35.3 Å². The lowest BCUT2D eigenvalue weighted by Crippen LogP contribution is -2.27. The van der Waals surface area contributed by atoms with Gasteiger partial charge in [0.25, 0.3) is 0 Å². The Bertz CT molecular complexity index is 786. The highest BCUT2D eigenvalue weighted by Gasteiger charge is 2.09. The average molecular weight is 280 g/mol. The van der Waals surface area contributed by atoms with Crippen LogP contribution in [0.25, 0.3) is 22.2 Å². The number of aromatic nitrogens is 3. The minimum Gasteiger partial charge on any atom is -0.618 e. The molecule has 3 rings (SSSR count). The van der Waals surface area contributed by atoms with Crippen molar-refractivity contribution < 1.29 is 4.73 Å².